The van der Waals surface area contributed by atoms with Crippen molar-refractivity contribution >= 4 is 0 Å². The summed E-state index contributed by atoms with van der Waals surface area (Å²) in [5.41, 5.74) is 1.07. The van der Waals surface area contributed by atoms with Crippen LogP contribution in [-0.2, 0) is 4.74 Å². The van der Waals surface area contributed by atoms with Crippen molar-refractivity contribution in [2.24, 2.45) is 0 Å². The Kier molecular flexibility index (Phi) is 7.41. The van der Waals surface area contributed by atoms with Gasteiger partial charge in [0, 0.05) is 5.56 Å². The summed E-state index contributed by atoms with van der Waals surface area (Å²) in [5, 5.41) is 3.51. The van der Waals surface area contributed by atoms with E-state index in [1.54, 1.807) is 14.2 Å². The van der Waals surface area contributed by atoms with E-state index in [0.717, 1.165) is 30.0 Å². The minimum Gasteiger partial charge on any atom is -0.497 e. The van der Waals surface area contributed by atoms with E-state index in [9.17, 15) is 0 Å². The first-order valence-corrected chi connectivity index (χ1v) is 7.19. The van der Waals surface area contributed by atoms with Gasteiger partial charge in [-0.05, 0) is 45.0 Å². The molecule has 0 amide bonds. The molecule has 1 aromatic rings. The van der Waals surface area contributed by atoms with Crippen LogP contribution in [0.2, 0.25) is 0 Å². The highest BCUT2D eigenvalue weighted by Gasteiger charge is 2.17. The number of methoxy groups -OCH3 is 2. The van der Waals surface area contributed by atoms with Crippen LogP contribution >= 0.6 is 0 Å². The summed E-state index contributed by atoms with van der Waals surface area (Å²) in [6.07, 6.45) is 1.28. The Hall–Kier alpha value is -1.26. The van der Waals surface area contributed by atoms with Crippen molar-refractivity contribution in [3.63, 3.8) is 0 Å². The average molecular weight is 281 g/mol. The molecule has 0 heterocycles. The molecule has 1 atom stereocenters. The molecular formula is C16H27NO3. The van der Waals surface area contributed by atoms with Gasteiger partial charge in [-0.2, -0.15) is 0 Å². The molecule has 20 heavy (non-hydrogen) atoms. The van der Waals surface area contributed by atoms with Gasteiger partial charge in [0.15, 0.2) is 0 Å². The van der Waals surface area contributed by atoms with E-state index in [0.29, 0.717) is 6.61 Å². The van der Waals surface area contributed by atoms with Crippen LogP contribution in [0, 0.1) is 0 Å². The van der Waals surface area contributed by atoms with Gasteiger partial charge in [-0.1, -0.05) is 6.92 Å². The molecule has 1 rings (SSSR count). The largest absolute Gasteiger partial charge is 0.497 e. The van der Waals surface area contributed by atoms with Crippen molar-refractivity contribution < 1.29 is 14.2 Å². The van der Waals surface area contributed by atoms with Crippen molar-refractivity contribution in [3.8, 4) is 11.5 Å². The fraction of sp³-hybridized carbons (Fsp3) is 0.625. The lowest BCUT2D eigenvalue weighted by Gasteiger charge is -2.23. The summed E-state index contributed by atoms with van der Waals surface area (Å²) in [6, 6.07) is 5.95. The Balaban J connectivity index is 2.96. The summed E-state index contributed by atoms with van der Waals surface area (Å²) < 4.78 is 16.5. The maximum absolute atomic E-state index is 5.77. The molecule has 0 spiro atoms. The van der Waals surface area contributed by atoms with E-state index in [1.165, 1.54) is 0 Å². The fourth-order valence-corrected chi connectivity index (χ4v) is 1.98. The van der Waals surface area contributed by atoms with Gasteiger partial charge in [-0.25, -0.2) is 0 Å². The van der Waals surface area contributed by atoms with Crippen LogP contribution < -0.4 is 14.8 Å². The molecule has 0 saturated heterocycles. The first kappa shape index (κ1) is 16.8. The van der Waals surface area contributed by atoms with Crippen LogP contribution in [0.4, 0.5) is 0 Å². The third kappa shape index (κ3) is 5.02. The molecule has 4 heteroatoms. The first-order chi connectivity index (χ1) is 9.62. The van der Waals surface area contributed by atoms with Gasteiger partial charge in [0.05, 0.1) is 33.0 Å². The molecule has 0 aliphatic heterocycles. The minimum atomic E-state index is 0.0994. The lowest BCUT2D eigenvalue weighted by molar-refractivity contribution is 0.0606. The van der Waals surface area contributed by atoms with Crippen LogP contribution in [0.5, 0.6) is 11.5 Å². The molecule has 0 aromatic heterocycles. The molecule has 0 saturated carbocycles. The second kappa shape index (κ2) is 8.82. The van der Waals surface area contributed by atoms with Gasteiger partial charge in [0.2, 0.25) is 0 Å². The van der Waals surface area contributed by atoms with Gasteiger partial charge in [-0.3, -0.25) is 0 Å². The molecule has 1 unspecified atom stereocenters. The zero-order valence-electron chi connectivity index (χ0n) is 13.2. The van der Waals surface area contributed by atoms with E-state index >= 15 is 0 Å². The number of hydrogen-bond acceptors (Lipinski definition) is 4. The highest BCUT2D eigenvalue weighted by molar-refractivity contribution is 5.42. The molecule has 1 N–H and O–H groups in total. The van der Waals surface area contributed by atoms with Crippen molar-refractivity contribution in [2.75, 3.05) is 27.4 Å². The Morgan fingerprint density at radius 2 is 1.90 bits per heavy atom. The van der Waals surface area contributed by atoms with Gasteiger partial charge in [0.1, 0.15) is 11.5 Å². The molecule has 1 aromatic carbocycles. The Bertz CT molecular complexity index is 393. The van der Waals surface area contributed by atoms with Crippen LogP contribution in [0.25, 0.3) is 0 Å². The van der Waals surface area contributed by atoms with Crippen molar-refractivity contribution in [2.45, 2.75) is 39.3 Å². The summed E-state index contributed by atoms with van der Waals surface area (Å²) in [7, 11) is 3.36. The fourth-order valence-electron chi connectivity index (χ4n) is 1.98. The average Bonchev–Trinajstić information content (AvgIpc) is 2.46. The smallest absolute Gasteiger partial charge is 0.123 e. The van der Waals surface area contributed by atoms with E-state index in [2.05, 4.69) is 12.2 Å². The molecule has 0 bridgehead atoms. The normalized spacial score (nSPS) is 12.5. The Labute approximate surface area is 122 Å². The third-order valence-corrected chi connectivity index (χ3v) is 3.05. The summed E-state index contributed by atoms with van der Waals surface area (Å²) >= 11 is 0. The molecule has 114 valence electrons. The molecule has 0 aliphatic rings. The summed E-state index contributed by atoms with van der Waals surface area (Å²) in [5.74, 6) is 1.68. The van der Waals surface area contributed by atoms with E-state index in [4.69, 9.17) is 14.2 Å². The molecule has 0 radical (unpaired) electrons. The van der Waals surface area contributed by atoms with Gasteiger partial charge in [0.25, 0.3) is 0 Å². The predicted molar refractivity (Wildman–Crippen MR) is 81.7 cm³/mol. The monoisotopic (exact) mass is 281 g/mol. The van der Waals surface area contributed by atoms with Crippen LogP contribution in [-0.4, -0.2) is 33.5 Å². The quantitative estimate of drug-likeness (QED) is 0.754. The van der Waals surface area contributed by atoms with E-state index in [-0.39, 0.29) is 12.1 Å². The Morgan fingerprint density at radius 1 is 1.15 bits per heavy atom. The first-order valence-electron chi connectivity index (χ1n) is 7.19. The maximum atomic E-state index is 5.77. The van der Waals surface area contributed by atoms with E-state index < -0.39 is 0 Å². The number of benzene rings is 1. The predicted octanol–water partition coefficient (Wildman–Crippen LogP) is 3.17. The maximum Gasteiger partial charge on any atom is 0.123 e. The van der Waals surface area contributed by atoms with Crippen LogP contribution in [0.15, 0.2) is 18.2 Å². The molecule has 0 fully saturated rings. The van der Waals surface area contributed by atoms with Crippen molar-refractivity contribution in [3.05, 3.63) is 23.8 Å². The van der Waals surface area contributed by atoms with Crippen LogP contribution in [0.3, 0.4) is 0 Å². The third-order valence-electron chi connectivity index (χ3n) is 3.05. The lowest BCUT2D eigenvalue weighted by atomic mass is 10.1. The highest BCUT2D eigenvalue weighted by atomic mass is 16.5. The van der Waals surface area contributed by atoms with E-state index in [1.807, 2.05) is 32.0 Å². The zero-order chi connectivity index (χ0) is 15.0. The Morgan fingerprint density at radius 3 is 2.45 bits per heavy atom. The highest BCUT2D eigenvalue weighted by Crippen LogP contribution is 2.29. The number of ether oxygens (including phenoxy) is 3. The van der Waals surface area contributed by atoms with Crippen molar-refractivity contribution in [1.82, 2.24) is 5.32 Å². The molecule has 0 aliphatic carbocycles. The second-order valence-electron chi connectivity index (χ2n) is 5.00. The lowest BCUT2D eigenvalue weighted by Crippen LogP contribution is -2.28. The molecule has 4 nitrogen and oxygen atoms in total. The van der Waals surface area contributed by atoms with Crippen molar-refractivity contribution in [1.29, 1.82) is 0 Å². The summed E-state index contributed by atoms with van der Waals surface area (Å²) in [6.45, 7) is 7.78. The molecular weight excluding hydrogens is 254 g/mol. The van der Waals surface area contributed by atoms with Gasteiger partial charge >= 0.3 is 0 Å². The SMILES string of the molecule is CCCNC(COC(C)C)c1cc(OC)ccc1OC. The number of rotatable bonds is 9. The number of nitrogens with one attached hydrogen (secondary N) is 1. The van der Waals surface area contributed by atoms with Gasteiger partial charge < -0.3 is 19.5 Å². The summed E-state index contributed by atoms with van der Waals surface area (Å²) in [4.78, 5) is 0. The minimum absolute atomic E-state index is 0.0994. The topological polar surface area (TPSA) is 39.7 Å². The second-order valence-corrected chi connectivity index (χ2v) is 5.00. The standard InChI is InChI=1S/C16H27NO3/c1-6-9-17-15(11-20-12(2)3)14-10-13(18-4)7-8-16(14)19-5/h7-8,10,12,15,17H,6,9,11H2,1-5H3. The van der Waals surface area contributed by atoms with Crippen LogP contribution in [0.1, 0.15) is 38.8 Å². The van der Waals surface area contributed by atoms with Gasteiger partial charge in [-0.15, -0.1) is 0 Å². The zero-order valence-corrected chi connectivity index (χ0v) is 13.2. The number of hydrogen-bond donors (Lipinski definition) is 1.